The van der Waals surface area contributed by atoms with Crippen molar-refractivity contribution in [2.45, 2.75) is 10.2 Å². The van der Waals surface area contributed by atoms with Crippen LogP contribution >= 0.6 is 35.0 Å². The van der Waals surface area contributed by atoms with Crippen molar-refractivity contribution in [3.8, 4) is 6.07 Å². The highest BCUT2D eigenvalue weighted by atomic mass is 35.5. The van der Waals surface area contributed by atoms with Crippen LogP contribution in [0.4, 0.5) is 5.69 Å². The van der Waals surface area contributed by atoms with Crippen molar-refractivity contribution < 1.29 is 9.21 Å². The van der Waals surface area contributed by atoms with Crippen LogP contribution in [0.5, 0.6) is 0 Å². The second-order valence-corrected chi connectivity index (χ2v) is 7.90. The molecule has 0 bridgehead atoms. The topological polar surface area (TPSA) is 94.7 Å². The van der Waals surface area contributed by atoms with Gasteiger partial charge in [-0.1, -0.05) is 35.3 Å². The molecule has 1 amide bonds. The van der Waals surface area contributed by atoms with E-state index in [1.807, 2.05) is 30.3 Å². The Morgan fingerprint density at radius 1 is 1.20 bits per heavy atom. The first-order valence-electron chi connectivity index (χ1n) is 8.62. The molecule has 2 heterocycles. The van der Waals surface area contributed by atoms with Crippen LogP contribution in [0.25, 0.3) is 17.1 Å². The first-order chi connectivity index (χ1) is 14.5. The Morgan fingerprint density at radius 2 is 2.03 bits per heavy atom. The first kappa shape index (κ1) is 20.1. The van der Waals surface area contributed by atoms with Crippen molar-refractivity contribution in [3.63, 3.8) is 0 Å². The lowest BCUT2D eigenvalue weighted by Gasteiger charge is -2.06. The fourth-order valence-corrected chi connectivity index (χ4v) is 3.84. The summed E-state index contributed by atoms with van der Waals surface area (Å²) in [6, 6.07) is 17.6. The van der Waals surface area contributed by atoms with E-state index in [-0.39, 0.29) is 10.6 Å². The number of amides is 1. The molecular formula is C21H12Cl2N4O2S. The minimum atomic E-state index is -0.607. The van der Waals surface area contributed by atoms with Gasteiger partial charge >= 0.3 is 0 Å². The molecule has 0 fully saturated rings. The summed E-state index contributed by atoms with van der Waals surface area (Å²) >= 11 is 13.2. The minimum absolute atomic E-state index is 0.129. The summed E-state index contributed by atoms with van der Waals surface area (Å²) in [5.41, 5.74) is 2.01. The molecule has 0 saturated heterocycles. The molecule has 0 spiro atoms. The standard InChI is InChI=1S/C21H12Cl2N4O2S/c22-13-5-7-16(15(23)10-13)25-20(28)12(11-24)9-14-6-8-19(29-14)30-21-26-17-3-1-2-4-18(17)27-21/h1-10H,(H,25,28)(H,26,27)/b12-9-. The Morgan fingerprint density at radius 3 is 2.80 bits per heavy atom. The summed E-state index contributed by atoms with van der Waals surface area (Å²) in [4.78, 5) is 20.1. The molecule has 0 saturated carbocycles. The number of fused-ring (bicyclic) bond motifs is 1. The van der Waals surface area contributed by atoms with Crippen LogP contribution < -0.4 is 5.32 Å². The lowest BCUT2D eigenvalue weighted by molar-refractivity contribution is -0.112. The normalized spacial score (nSPS) is 11.4. The minimum Gasteiger partial charge on any atom is -0.450 e. The van der Waals surface area contributed by atoms with Crippen molar-refractivity contribution in [1.82, 2.24) is 9.97 Å². The van der Waals surface area contributed by atoms with Crippen LogP contribution in [0.3, 0.4) is 0 Å². The molecule has 148 valence electrons. The molecule has 2 N–H and O–H groups in total. The molecule has 0 radical (unpaired) electrons. The number of nitriles is 1. The van der Waals surface area contributed by atoms with E-state index in [1.165, 1.54) is 23.9 Å². The predicted molar refractivity (Wildman–Crippen MR) is 118 cm³/mol. The predicted octanol–water partition coefficient (Wildman–Crippen LogP) is 6.16. The lowest BCUT2D eigenvalue weighted by Crippen LogP contribution is -2.13. The van der Waals surface area contributed by atoms with Crippen LogP contribution in [-0.4, -0.2) is 15.9 Å². The number of carbonyl (C=O) groups is 1. The van der Waals surface area contributed by atoms with Gasteiger partial charge in [-0.05, 0) is 54.2 Å². The zero-order valence-electron chi connectivity index (χ0n) is 15.1. The Bertz CT molecular complexity index is 1290. The Balaban J connectivity index is 1.49. The fourth-order valence-electron chi connectivity index (χ4n) is 2.61. The molecule has 2 aromatic heterocycles. The van der Waals surface area contributed by atoms with Crippen LogP contribution in [0.15, 0.2) is 74.8 Å². The quantitative estimate of drug-likeness (QED) is 0.278. The third-order valence-corrected chi connectivity index (χ3v) is 5.35. The number of imidazole rings is 1. The maximum atomic E-state index is 12.4. The summed E-state index contributed by atoms with van der Waals surface area (Å²) in [6.45, 7) is 0. The van der Waals surface area contributed by atoms with E-state index in [2.05, 4.69) is 15.3 Å². The van der Waals surface area contributed by atoms with Gasteiger partial charge in [0.25, 0.3) is 5.91 Å². The molecule has 4 rings (SSSR count). The van der Waals surface area contributed by atoms with E-state index in [4.69, 9.17) is 27.6 Å². The molecule has 0 aliphatic carbocycles. The highest BCUT2D eigenvalue weighted by molar-refractivity contribution is 7.99. The molecule has 6 nitrogen and oxygen atoms in total. The van der Waals surface area contributed by atoms with Crippen molar-refractivity contribution in [2.75, 3.05) is 5.32 Å². The zero-order valence-corrected chi connectivity index (χ0v) is 17.5. The summed E-state index contributed by atoms with van der Waals surface area (Å²) in [6.07, 6.45) is 1.36. The number of aromatic amines is 1. The second-order valence-electron chi connectivity index (χ2n) is 6.07. The number of anilines is 1. The molecule has 0 aliphatic rings. The number of carbonyl (C=O) groups excluding carboxylic acids is 1. The Labute approximate surface area is 185 Å². The van der Waals surface area contributed by atoms with Gasteiger partial charge < -0.3 is 14.7 Å². The van der Waals surface area contributed by atoms with E-state index in [9.17, 15) is 10.1 Å². The van der Waals surface area contributed by atoms with Crippen LogP contribution in [0.2, 0.25) is 10.0 Å². The number of para-hydroxylation sites is 2. The number of H-pyrrole nitrogens is 1. The third kappa shape index (κ3) is 4.52. The number of benzene rings is 2. The van der Waals surface area contributed by atoms with Gasteiger partial charge in [-0.15, -0.1) is 0 Å². The molecule has 0 atom stereocenters. The van der Waals surface area contributed by atoms with Gasteiger partial charge in [-0.3, -0.25) is 4.79 Å². The second kappa shape index (κ2) is 8.67. The van der Waals surface area contributed by atoms with Crippen LogP contribution in [0, 0.1) is 11.3 Å². The summed E-state index contributed by atoms with van der Waals surface area (Å²) in [5, 5.41) is 13.9. The van der Waals surface area contributed by atoms with Crippen molar-refractivity contribution >= 4 is 63.7 Å². The van der Waals surface area contributed by atoms with Crippen LogP contribution in [0.1, 0.15) is 5.76 Å². The Hall–Kier alpha value is -3.18. The maximum absolute atomic E-state index is 12.4. The lowest BCUT2D eigenvalue weighted by atomic mass is 10.2. The molecular weight excluding hydrogens is 443 g/mol. The number of nitrogens with zero attached hydrogens (tertiary/aromatic N) is 2. The molecule has 4 aromatic rings. The third-order valence-electron chi connectivity index (χ3n) is 4.00. The van der Waals surface area contributed by atoms with Gasteiger partial charge in [-0.2, -0.15) is 5.26 Å². The molecule has 0 unspecified atom stereocenters. The Kier molecular flexibility index (Phi) is 5.81. The van der Waals surface area contributed by atoms with Crippen molar-refractivity contribution in [2.24, 2.45) is 0 Å². The van der Waals surface area contributed by atoms with E-state index in [0.29, 0.717) is 26.7 Å². The zero-order chi connectivity index (χ0) is 21.1. The average molecular weight is 455 g/mol. The van der Waals surface area contributed by atoms with Crippen molar-refractivity contribution in [3.05, 3.63) is 76.0 Å². The summed E-state index contributed by atoms with van der Waals surface area (Å²) < 4.78 is 5.71. The number of furan rings is 1. The van der Waals surface area contributed by atoms with Gasteiger partial charge in [0.1, 0.15) is 17.4 Å². The maximum Gasteiger partial charge on any atom is 0.266 e. The summed E-state index contributed by atoms with van der Waals surface area (Å²) in [7, 11) is 0. The van der Waals surface area contributed by atoms with E-state index >= 15 is 0 Å². The van der Waals surface area contributed by atoms with Gasteiger partial charge in [-0.25, -0.2) is 4.98 Å². The van der Waals surface area contributed by atoms with Gasteiger partial charge in [0.2, 0.25) is 0 Å². The molecule has 0 aliphatic heterocycles. The van der Waals surface area contributed by atoms with E-state index in [0.717, 1.165) is 11.0 Å². The van der Waals surface area contributed by atoms with Crippen LogP contribution in [-0.2, 0) is 4.79 Å². The SMILES string of the molecule is N#C/C(=C/c1ccc(Sc2nc3ccccc3[nH]2)o1)C(=O)Nc1ccc(Cl)cc1Cl. The highest BCUT2D eigenvalue weighted by Crippen LogP contribution is 2.30. The van der Waals surface area contributed by atoms with Gasteiger partial charge in [0, 0.05) is 11.1 Å². The number of halogens is 2. The van der Waals surface area contributed by atoms with E-state index in [1.54, 1.807) is 24.3 Å². The largest absolute Gasteiger partial charge is 0.450 e. The molecule has 2 aromatic carbocycles. The first-order valence-corrected chi connectivity index (χ1v) is 10.2. The number of hydrogen-bond donors (Lipinski definition) is 2. The summed E-state index contributed by atoms with van der Waals surface area (Å²) in [5.74, 6) is -0.243. The number of hydrogen-bond acceptors (Lipinski definition) is 5. The average Bonchev–Trinajstić information content (AvgIpc) is 3.34. The van der Waals surface area contributed by atoms with Gasteiger partial charge in [0.15, 0.2) is 10.2 Å². The fraction of sp³-hybridized carbons (Fsp3) is 0. The highest BCUT2D eigenvalue weighted by Gasteiger charge is 2.14. The number of rotatable bonds is 5. The van der Waals surface area contributed by atoms with E-state index < -0.39 is 5.91 Å². The molecule has 30 heavy (non-hydrogen) atoms. The van der Waals surface area contributed by atoms with Gasteiger partial charge in [0.05, 0.1) is 21.7 Å². The van der Waals surface area contributed by atoms with Crippen molar-refractivity contribution in [1.29, 1.82) is 5.26 Å². The number of aromatic nitrogens is 2. The molecule has 9 heteroatoms. The number of nitrogens with one attached hydrogen (secondary N) is 2. The smallest absolute Gasteiger partial charge is 0.266 e. The monoisotopic (exact) mass is 454 g/mol.